The second kappa shape index (κ2) is 4.39. The molecule has 1 atom stereocenters. The Hall–Kier alpha value is -1.52. The van der Waals surface area contributed by atoms with Crippen LogP contribution in [0.25, 0.3) is 0 Å². The molecule has 1 aliphatic rings. The quantitative estimate of drug-likeness (QED) is 0.810. The van der Waals surface area contributed by atoms with Crippen molar-refractivity contribution in [3.8, 4) is 0 Å². The van der Waals surface area contributed by atoms with Crippen molar-refractivity contribution in [3.63, 3.8) is 0 Å². The molecular weight excluding hydrogens is 218 g/mol. The number of ether oxygens (including phenoxy) is 1. The number of carbonyl (C=O) groups excluding carboxylic acids is 1. The monoisotopic (exact) mass is 237 g/mol. The Bertz CT molecular complexity index is 435. The lowest BCUT2D eigenvalue weighted by atomic mass is 10.2. The minimum atomic E-state index is -0.459. The maximum atomic E-state index is 11.5. The number of hydrogen-bond acceptors (Lipinski definition) is 4. The number of methoxy groups -OCH3 is 1. The highest BCUT2D eigenvalue weighted by Crippen LogP contribution is 2.41. The van der Waals surface area contributed by atoms with E-state index in [1.807, 2.05) is 11.5 Å². The molecule has 0 bridgehead atoms. The average Bonchev–Trinajstić information content (AvgIpc) is 3.11. The molecule has 0 saturated heterocycles. The van der Waals surface area contributed by atoms with E-state index in [9.17, 15) is 4.79 Å². The Kier molecular flexibility index (Phi) is 3.09. The van der Waals surface area contributed by atoms with Crippen LogP contribution in [-0.4, -0.2) is 22.6 Å². The molecule has 0 aromatic carbocycles. The second-order valence-electron chi connectivity index (χ2n) is 4.56. The maximum Gasteiger partial charge on any atom is 0.360 e. The van der Waals surface area contributed by atoms with Gasteiger partial charge in [-0.2, -0.15) is 0 Å². The van der Waals surface area contributed by atoms with Crippen molar-refractivity contribution in [1.82, 2.24) is 9.55 Å². The molecule has 1 aliphatic carbocycles. The normalized spacial score (nSPS) is 16.9. The van der Waals surface area contributed by atoms with Crippen LogP contribution in [0.15, 0.2) is 0 Å². The van der Waals surface area contributed by atoms with Crippen LogP contribution in [0.3, 0.4) is 0 Å². The first kappa shape index (κ1) is 12.0. The summed E-state index contributed by atoms with van der Waals surface area (Å²) in [6.45, 7) is 4.15. The minimum Gasteiger partial charge on any atom is -0.464 e. The molecule has 1 heterocycles. The molecule has 94 valence electrons. The van der Waals surface area contributed by atoms with Gasteiger partial charge in [0.05, 0.1) is 7.11 Å². The summed E-state index contributed by atoms with van der Waals surface area (Å²) in [6, 6.07) is 0.316. The molecule has 1 saturated carbocycles. The summed E-state index contributed by atoms with van der Waals surface area (Å²) >= 11 is 0. The van der Waals surface area contributed by atoms with E-state index in [0.717, 1.165) is 12.2 Å². The van der Waals surface area contributed by atoms with Crippen LogP contribution >= 0.6 is 0 Å². The zero-order chi connectivity index (χ0) is 12.6. The highest BCUT2D eigenvalue weighted by Gasteiger charge is 2.33. The Morgan fingerprint density at radius 3 is 2.76 bits per heavy atom. The smallest absolute Gasteiger partial charge is 0.360 e. The SMILES string of the molecule is CCc1nc(C(=O)OC)c(N)n1C(C)C1CC1. The Labute approximate surface area is 101 Å². The first-order valence-electron chi connectivity index (χ1n) is 6.05. The van der Waals surface area contributed by atoms with Gasteiger partial charge in [-0.15, -0.1) is 0 Å². The predicted octanol–water partition coefficient (Wildman–Crippen LogP) is 1.79. The third kappa shape index (κ3) is 2.01. The number of nitrogens with two attached hydrogens (primary N) is 1. The fraction of sp³-hybridized carbons (Fsp3) is 0.667. The molecule has 2 rings (SSSR count). The Morgan fingerprint density at radius 2 is 2.29 bits per heavy atom. The van der Waals surface area contributed by atoms with Gasteiger partial charge in [0.15, 0.2) is 5.69 Å². The number of rotatable bonds is 4. The molecule has 17 heavy (non-hydrogen) atoms. The van der Waals surface area contributed by atoms with Crippen molar-refractivity contribution in [3.05, 3.63) is 11.5 Å². The molecule has 5 heteroatoms. The van der Waals surface area contributed by atoms with E-state index >= 15 is 0 Å². The molecule has 0 aliphatic heterocycles. The minimum absolute atomic E-state index is 0.247. The van der Waals surface area contributed by atoms with Crippen LogP contribution in [0.1, 0.15) is 49.0 Å². The van der Waals surface area contributed by atoms with Gasteiger partial charge in [0.1, 0.15) is 11.6 Å². The van der Waals surface area contributed by atoms with Gasteiger partial charge in [-0.05, 0) is 25.7 Å². The van der Waals surface area contributed by atoms with Gasteiger partial charge in [-0.3, -0.25) is 0 Å². The fourth-order valence-electron chi connectivity index (χ4n) is 2.23. The molecule has 0 radical (unpaired) electrons. The summed E-state index contributed by atoms with van der Waals surface area (Å²) in [7, 11) is 1.34. The first-order chi connectivity index (χ1) is 8.10. The van der Waals surface area contributed by atoms with E-state index < -0.39 is 5.97 Å². The van der Waals surface area contributed by atoms with Crippen LogP contribution in [0.4, 0.5) is 5.82 Å². The van der Waals surface area contributed by atoms with E-state index in [1.165, 1.54) is 20.0 Å². The lowest BCUT2D eigenvalue weighted by Gasteiger charge is -2.16. The summed E-state index contributed by atoms with van der Waals surface area (Å²) in [5.74, 6) is 1.51. The van der Waals surface area contributed by atoms with Crippen LogP contribution < -0.4 is 5.73 Å². The zero-order valence-electron chi connectivity index (χ0n) is 10.6. The van der Waals surface area contributed by atoms with Gasteiger partial charge in [0.25, 0.3) is 0 Å². The average molecular weight is 237 g/mol. The molecule has 1 aromatic rings. The van der Waals surface area contributed by atoms with Crippen molar-refractivity contribution in [2.45, 2.75) is 39.2 Å². The highest BCUT2D eigenvalue weighted by atomic mass is 16.5. The van der Waals surface area contributed by atoms with Crippen LogP contribution in [0.2, 0.25) is 0 Å². The molecule has 5 nitrogen and oxygen atoms in total. The van der Waals surface area contributed by atoms with Crippen molar-refractivity contribution < 1.29 is 9.53 Å². The van der Waals surface area contributed by atoms with E-state index in [-0.39, 0.29) is 5.69 Å². The van der Waals surface area contributed by atoms with Gasteiger partial charge in [0.2, 0.25) is 0 Å². The van der Waals surface area contributed by atoms with Gasteiger partial charge < -0.3 is 15.0 Å². The third-order valence-electron chi connectivity index (χ3n) is 3.43. The third-order valence-corrected chi connectivity index (χ3v) is 3.43. The summed E-state index contributed by atoms with van der Waals surface area (Å²) in [5.41, 5.74) is 6.27. The largest absolute Gasteiger partial charge is 0.464 e. The molecule has 2 N–H and O–H groups in total. The predicted molar refractivity (Wildman–Crippen MR) is 64.8 cm³/mol. The number of aryl methyl sites for hydroxylation is 1. The number of esters is 1. The number of nitrogen functional groups attached to an aromatic ring is 1. The van der Waals surface area contributed by atoms with Crippen molar-refractivity contribution in [2.75, 3.05) is 12.8 Å². The van der Waals surface area contributed by atoms with E-state index in [0.29, 0.717) is 17.8 Å². The van der Waals surface area contributed by atoms with Crippen LogP contribution in [0.5, 0.6) is 0 Å². The highest BCUT2D eigenvalue weighted by molar-refractivity contribution is 5.92. The Morgan fingerprint density at radius 1 is 1.65 bits per heavy atom. The molecule has 0 spiro atoms. The zero-order valence-corrected chi connectivity index (χ0v) is 10.6. The molecule has 1 aromatic heterocycles. The second-order valence-corrected chi connectivity index (χ2v) is 4.56. The standard InChI is InChI=1S/C12H19N3O2/c1-4-9-14-10(12(16)17-3)11(13)15(9)7(2)8-5-6-8/h7-8H,4-6,13H2,1-3H3. The molecule has 1 fully saturated rings. The number of imidazole rings is 1. The topological polar surface area (TPSA) is 70.1 Å². The lowest BCUT2D eigenvalue weighted by molar-refractivity contribution is 0.0595. The van der Waals surface area contributed by atoms with Crippen molar-refractivity contribution >= 4 is 11.8 Å². The molecule has 1 unspecified atom stereocenters. The number of hydrogen-bond donors (Lipinski definition) is 1. The van der Waals surface area contributed by atoms with E-state index in [1.54, 1.807) is 0 Å². The number of aromatic nitrogens is 2. The summed E-state index contributed by atoms with van der Waals surface area (Å²) in [5, 5.41) is 0. The van der Waals surface area contributed by atoms with Gasteiger partial charge in [-0.1, -0.05) is 6.92 Å². The molecular formula is C12H19N3O2. The Balaban J connectivity index is 2.41. The van der Waals surface area contributed by atoms with Crippen LogP contribution in [0, 0.1) is 5.92 Å². The summed E-state index contributed by atoms with van der Waals surface area (Å²) < 4.78 is 6.68. The number of anilines is 1. The molecule has 0 amide bonds. The van der Waals surface area contributed by atoms with E-state index in [2.05, 4.69) is 11.9 Å². The lowest BCUT2D eigenvalue weighted by Crippen LogP contribution is -2.14. The van der Waals surface area contributed by atoms with Gasteiger partial charge >= 0.3 is 5.97 Å². The summed E-state index contributed by atoms with van der Waals surface area (Å²) in [4.78, 5) is 15.8. The van der Waals surface area contributed by atoms with E-state index in [4.69, 9.17) is 10.5 Å². The fourth-order valence-corrected chi connectivity index (χ4v) is 2.23. The number of carbonyl (C=O) groups is 1. The van der Waals surface area contributed by atoms with Crippen molar-refractivity contribution in [2.24, 2.45) is 5.92 Å². The van der Waals surface area contributed by atoms with Gasteiger partial charge in [0, 0.05) is 12.5 Å². The number of nitrogens with zero attached hydrogens (tertiary/aromatic N) is 2. The van der Waals surface area contributed by atoms with Crippen molar-refractivity contribution in [1.29, 1.82) is 0 Å². The summed E-state index contributed by atoms with van der Waals surface area (Å²) in [6.07, 6.45) is 3.23. The maximum absolute atomic E-state index is 11.5. The first-order valence-corrected chi connectivity index (χ1v) is 6.05. The van der Waals surface area contributed by atoms with Crippen LogP contribution in [-0.2, 0) is 11.2 Å². The van der Waals surface area contributed by atoms with Gasteiger partial charge in [-0.25, -0.2) is 9.78 Å².